The maximum absolute atomic E-state index is 15.4. The van der Waals surface area contributed by atoms with Crippen LogP contribution >= 0.6 is 0 Å². The lowest BCUT2D eigenvalue weighted by molar-refractivity contribution is -0.140. The van der Waals surface area contributed by atoms with Crippen molar-refractivity contribution in [2.24, 2.45) is 5.73 Å². The molecule has 1 aliphatic carbocycles. The molecule has 0 aromatic heterocycles. The van der Waals surface area contributed by atoms with Crippen LogP contribution in [0.3, 0.4) is 0 Å². The van der Waals surface area contributed by atoms with E-state index < -0.39 is 17.7 Å². The molecule has 0 bridgehead atoms. The number of benzene rings is 2. The van der Waals surface area contributed by atoms with E-state index in [0.717, 1.165) is 41.5 Å². The van der Waals surface area contributed by atoms with E-state index in [1.165, 1.54) is 6.07 Å². The average molecular weight is 498 g/mol. The van der Waals surface area contributed by atoms with Crippen LogP contribution in [0.2, 0.25) is 0 Å². The smallest absolute Gasteiger partial charge is 0.320 e. The van der Waals surface area contributed by atoms with Crippen molar-refractivity contribution >= 4 is 6.03 Å². The highest BCUT2D eigenvalue weighted by atomic mass is 19.1. The zero-order valence-corrected chi connectivity index (χ0v) is 21.1. The number of aryl methyl sites for hydroxylation is 1. The highest BCUT2D eigenvalue weighted by molar-refractivity contribution is 5.77. The number of amides is 2. The van der Waals surface area contributed by atoms with Crippen molar-refractivity contribution in [1.29, 1.82) is 0 Å². The summed E-state index contributed by atoms with van der Waals surface area (Å²) < 4.78 is 27.1. The summed E-state index contributed by atoms with van der Waals surface area (Å²) in [7, 11) is 1.69. The minimum absolute atomic E-state index is 0.0439. The van der Waals surface area contributed by atoms with E-state index in [4.69, 9.17) is 15.2 Å². The number of likely N-dealkylation sites (tertiary alicyclic amines) is 1. The van der Waals surface area contributed by atoms with Crippen LogP contribution in [0.1, 0.15) is 41.9 Å². The second kappa shape index (κ2) is 10.1. The van der Waals surface area contributed by atoms with Crippen LogP contribution in [0.15, 0.2) is 36.4 Å². The molecule has 2 fully saturated rings. The third-order valence-electron chi connectivity index (χ3n) is 7.98. The SMILES string of the molecule is COCCCC[C@@H]1c2c(ccc(F)c2-c2cccc(C)c2)[C@@]12CN(C(=O)N1C[C@@H](N)[C@@H](O)C1)CCO2. The summed E-state index contributed by atoms with van der Waals surface area (Å²) >= 11 is 0. The standard InChI is InChI=1S/C28H36FN3O4/c1-18-6-5-7-19(14-18)25-22(29)10-9-21-26(25)20(8-3-4-12-35-2)28(21)17-31(11-13-36-28)27(34)32-15-23(30)24(33)16-32/h5-7,9-10,14,20,23-24,33H,3-4,8,11-13,15-17,30H2,1-2H3/t20-,23-,24+,28-/m1/s1. The fraction of sp³-hybridized carbons (Fsp3) is 0.536. The van der Waals surface area contributed by atoms with Crippen LogP contribution in [0.5, 0.6) is 0 Å². The second-order valence-corrected chi connectivity index (χ2v) is 10.4. The number of β-amino-alcohol motifs (C(OH)–C–C–N with tert-alkyl or cyclic N) is 1. The summed E-state index contributed by atoms with van der Waals surface area (Å²) in [6.45, 7) is 4.53. The van der Waals surface area contributed by atoms with Crippen molar-refractivity contribution in [2.45, 2.75) is 49.9 Å². The number of unbranched alkanes of at least 4 members (excludes halogenated alkanes) is 1. The van der Waals surface area contributed by atoms with Gasteiger partial charge in [0.05, 0.1) is 19.3 Å². The summed E-state index contributed by atoms with van der Waals surface area (Å²) in [4.78, 5) is 16.8. The highest BCUT2D eigenvalue weighted by Crippen LogP contribution is 2.59. The molecule has 194 valence electrons. The van der Waals surface area contributed by atoms with E-state index in [2.05, 4.69) is 0 Å². The monoisotopic (exact) mass is 497 g/mol. The fourth-order valence-electron chi connectivity index (χ4n) is 6.18. The third-order valence-corrected chi connectivity index (χ3v) is 7.98. The number of aliphatic hydroxyl groups excluding tert-OH is 1. The molecule has 2 aromatic rings. The van der Waals surface area contributed by atoms with E-state index in [1.54, 1.807) is 12.0 Å². The summed E-state index contributed by atoms with van der Waals surface area (Å²) in [5, 5.41) is 10.1. The lowest BCUT2D eigenvalue weighted by Crippen LogP contribution is -2.61. The molecule has 4 atom stereocenters. The molecule has 0 radical (unpaired) electrons. The first-order chi connectivity index (χ1) is 17.4. The number of aliphatic hydroxyl groups is 1. The number of rotatable bonds is 6. The summed E-state index contributed by atoms with van der Waals surface area (Å²) in [6, 6.07) is 10.7. The number of fused-ring (bicyclic) bond motifs is 2. The van der Waals surface area contributed by atoms with Gasteiger partial charge in [-0.2, -0.15) is 0 Å². The number of ether oxygens (including phenoxy) is 2. The van der Waals surface area contributed by atoms with E-state index in [9.17, 15) is 9.90 Å². The van der Waals surface area contributed by atoms with Crippen LogP contribution in [-0.2, 0) is 15.1 Å². The summed E-state index contributed by atoms with van der Waals surface area (Å²) in [5.74, 6) is -0.280. The van der Waals surface area contributed by atoms with Gasteiger partial charge in [0.2, 0.25) is 0 Å². The second-order valence-electron chi connectivity index (χ2n) is 10.4. The molecule has 7 nitrogen and oxygen atoms in total. The molecule has 2 aromatic carbocycles. The fourth-order valence-corrected chi connectivity index (χ4v) is 6.18. The van der Waals surface area contributed by atoms with Crippen molar-refractivity contribution in [3.8, 4) is 11.1 Å². The van der Waals surface area contributed by atoms with Gasteiger partial charge in [0.15, 0.2) is 0 Å². The molecule has 3 aliphatic rings. The van der Waals surface area contributed by atoms with Gasteiger partial charge in [-0.25, -0.2) is 9.18 Å². The Balaban J connectivity index is 1.49. The predicted octanol–water partition coefficient (Wildman–Crippen LogP) is 3.37. The Morgan fingerprint density at radius 1 is 1.25 bits per heavy atom. The molecule has 0 unspecified atom stereocenters. The van der Waals surface area contributed by atoms with Crippen LogP contribution in [0.25, 0.3) is 11.1 Å². The Morgan fingerprint density at radius 3 is 2.81 bits per heavy atom. The number of halogens is 1. The molecule has 1 spiro atoms. The van der Waals surface area contributed by atoms with Gasteiger partial charge in [-0.1, -0.05) is 42.3 Å². The molecule has 36 heavy (non-hydrogen) atoms. The molecule has 8 heteroatoms. The Bertz CT molecular complexity index is 1120. The minimum atomic E-state index is -0.707. The van der Waals surface area contributed by atoms with Gasteiger partial charge < -0.3 is 30.1 Å². The minimum Gasteiger partial charge on any atom is -0.390 e. The zero-order valence-electron chi connectivity index (χ0n) is 21.1. The van der Waals surface area contributed by atoms with E-state index in [1.807, 2.05) is 42.2 Å². The van der Waals surface area contributed by atoms with Crippen molar-refractivity contribution in [1.82, 2.24) is 9.80 Å². The van der Waals surface area contributed by atoms with Crippen LogP contribution in [-0.4, -0.2) is 79.6 Å². The van der Waals surface area contributed by atoms with Crippen molar-refractivity contribution in [3.63, 3.8) is 0 Å². The quantitative estimate of drug-likeness (QED) is 0.598. The number of hydrogen-bond acceptors (Lipinski definition) is 5. The van der Waals surface area contributed by atoms with E-state index in [-0.39, 0.29) is 24.3 Å². The normalized spacial score (nSPS) is 27.3. The molecular formula is C28H36FN3O4. The van der Waals surface area contributed by atoms with Gasteiger partial charge in [-0.05, 0) is 42.5 Å². The number of urea groups is 1. The van der Waals surface area contributed by atoms with Crippen molar-refractivity contribution in [2.75, 3.05) is 46.5 Å². The van der Waals surface area contributed by atoms with Crippen molar-refractivity contribution in [3.05, 3.63) is 58.9 Å². The third kappa shape index (κ3) is 4.30. The Labute approximate surface area is 212 Å². The molecular weight excluding hydrogens is 461 g/mol. The van der Waals surface area contributed by atoms with Crippen LogP contribution in [0.4, 0.5) is 9.18 Å². The van der Waals surface area contributed by atoms with E-state index >= 15 is 4.39 Å². The topological polar surface area (TPSA) is 88.3 Å². The highest BCUT2D eigenvalue weighted by Gasteiger charge is 2.57. The molecule has 2 aliphatic heterocycles. The molecule has 2 heterocycles. The predicted molar refractivity (Wildman–Crippen MR) is 135 cm³/mol. The number of methoxy groups -OCH3 is 1. The number of hydrogen-bond donors (Lipinski definition) is 2. The number of nitrogens with two attached hydrogens (primary N) is 1. The Hall–Kier alpha value is -2.52. The van der Waals surface area contributed by atoms with Crippen LogP contribution in [0, 0.1) is 12.7 Å². The summed E-state index contributed by atoms with van der Waals surface area (Å²) in [6.07, 6.45) is 1.92. The summed E-state index contributed by atoms with van der Waals surface area (Å²) in [5.41, 5.74) is 9.81. The van der Waals surface area contributed by atoms with Gasteiger partial charge in [0.25, 0.3) is 0 Å². The van der Waals surface area contributed by atoms with Gasteiger partial charge in [0.1, 0.15) is 11.4 Å². The lowest BCUT2D eigenvalue weighted by Gasteiger charge is -2.56. The lowest BCUT2D eigenvalue weighted by atomic mass is 9.59. The van der Waals surface area contributed by atoms with Gasteiger partial charge in [-0.3, -0.25) is 0 Å². The Kier molecular flexibility index (Phi) is 7.05. The largest absolute Gasteiger partial charge is 0.390 e. The maximum atomic E-state index is 15.4. The molecule has 3 N–H and O–H groups in total. The van der Waals surface area contributed by atoms with Gasteiger partial charge in [0, 0.05) is 50.9 Å². The average Bonchev–Trinajstić information content (AvgIpc) is 3.21. The first kappa shape index (κ1) is 25.1. The maximum Gasteiger partial charge on any atom is 0.320 e. The van der Waals surface area contributed by atoms with Gasteiger partial charge in [-0.15, -0.1) is 0 Å². The van der Waals surface area contributed by atoms with E-state index in [0.29, 0.717) is 38.4 Å². The molecule has 5 rings (SSSR count). The molecule has 2 amide bonds. The first-order valence-corrected chi connectivity index (χ1v) is 12.9. The molecule has 2 saturated heterocycles. The number of morpholine rings is 1. The first-order valence-electron chi connectivity index (χ1n) is 12.9. The number of carbonyl (C=O) groups is 1. The van der Waals surface area contributed by atoms with Crippen LogP contribution < -0.4 is 5.73 Å². The Morgan fingerprint density at radius 2 is 2.08 bits per heavy atom. The zero-order chi connectivity index (χ0) is 25.4. The molecule has 0 saturated carbocycles. The van der Waals surface area contributed by atoms with Crippen molar-refractivity contribution < 1.29 is 23.8 Å². The number of carbonyl (C=O) groups excluding carboxylic acids is 1. The number of nitrogens with zero attached hydrogens (tertiary/aromatic N) is 2. The van der Waals surface area contributed by atoms with Gasteiger partial charge >= 0.3 is 6.03 Å².